The summed E-state index contributed by atoms with van der Waals surface area (Å²) in [7, 11) is 1.59. The van der Waals surface area contributed by atoms with E-state index in [2.05, 4.69) is 0 Å². The Labute approximate surface area is 106 Å². The fourth-order valence-corrected chi connectivity index (χ4v) is 1.48. The number of rotatable bonds is 6. The first kappa shape index (κ1) is 14.0. The highest BCUT2D eigenvalue weighted by molar-refractivity contribution is 7.80. The molecule has 17 heavy (non-hydrogen) atoms. The summed E-state index contributed by atoms with van der Waals surface area (Å²) >= 11 is 4.84. The molecule has 0 aliphatic rings. The smallest absolute Gasteiger partial charge is 0.128 e. The van der Waals surface area contributed by atoms with Crippen molar-refractivity contribution in [3.05, 3.63) is 35.1 Å². The van der Waals surface area contributed by atoms with E-state index in [4.69, 9.17) is 27.4 Å². The SMILES string of the molecule is COCC(C)OCc1cc(C(N)=S)ccc1F. The van der Waals surface area contributed by atoms with E-state index < -0.39 is 0 Å². The van der Waals surface area contributed by atoms with Crippen LogP contribution in [0.15, 0.2) is 18.2 Å². The molecule has 0 radical (unpaired) electrons. The maximum Gasteiger partial charge on any atom is 0.128 e. The number of ether oxygens (including phenoxy) is 2. The highest BCUT2D eigenvalue weighted by Crippen LogP contribution is 2.13. The van der Waals surface area contributed by atoms with Crippen molar-refractivity contribution in [2.75, 3.05) is 13.7 Å². The van der Waals surface area contributed by atoms with Crippen molar-refractivity contribution in [1.82, 2.24) is 0 Å². The van der Waals surface area contributed by atoms with Gasteiger partial charge in [-0.2, -0.15) is 0 Å². The topological polar surface area (TPSA) is 44.5 Å². The molecule has 0 amide bonds. The lowest BCUT2D eigenvalue weighted by Crippen LogP contribution is -2.15. The van der Waals surface area contributed by atoms with Gasteiger partial charge in [-0.15, -0.1) is 0 Å². The van der Waals surface area contributed by atoms with Crippen LogP contribution in [0.3, 0.4) is 0 Å². The van der Waals surface area contributed by atoms with Gasteiger partial charge in [0.05, 0.1) is 19.3 Å². The van der Waals surface area contributed by atoms with E-state index in [0.29, 0.717) is 17.7 Å². The van der Waals surface area contributed by atoms with E-state index in [9.17, 15) is 4.39 Å². The third-order valence-corrected chi connectivity index (χ3v) is 2.49. The minimum absolute atomic E-state index is 0.0899. The van der Waals surface area contributed by atoms with Crippen molar-refractivity contribution < 1.29 is 13.9 Å². The fraction of sp³-hybridized carbons (Fsp3) is 0.417. The highest BCUT2D eigenvalue weighted by atomic mass is 32.1. The largest absolute Gasteiger partial charge is 0.389 e. The molecule has 0 spiro atoms. The van der Waals surface area contributed by atoms with Crippen LogP contribution >= 0.6 is 12.2 Å². The molecule has 1 atom stereocenters. The third kappa shape index (κ3) is 4.38. The number of halogens is 1. The van der Waals surface area contributed by atoms with Gasteiger partial charge in [0, 0.05) is 18.2 Å². The molecule has 0 aromatic heterocycles. The van der Waals surface area contributed by atoms with Crippen molar-refractivity contribution >= 4 is 17.2 Å². The zero-order chi connectivity index (χ0) is 12.8. The molecule has 1 unspecified atom stereocenters. The number of benzene rings is 1. The van der Waals surface area contributed by atoms with Gasteiger partial charge < -0.3 is 15.2 Å². The Hall–Kier alpha value is -1.04. The van der Waals surface area contributed by atoms with E-state index in [0.717, 1.165) is 0 Å². The summed E-state index contributed by atoms with van der Waals surface area (Å²) in [6.45, 7) is 2.50. The first-order chi connectivity index (χ1) is 8.04. The molecule has 0 bridgehead atoms. The lowest BCUT2D eigenvalue weighted by Gasteiger charge is -2.13. The Morgan fingerprint density at radius 3 is 2.82 bits per heavy atom. The molecule has 2 N–H and O–H groups in total. The first-order valence-corrected chi connectivity index (χ1v) is 5.64. The highest BCUT2D eigenvalue weighted by Gasteiger charge is 2.08. The van der Waals surface area contributed by atoms with Gasteiger partial charge >= 0.3 is 0 Å². The summed E-state index contributed by atoms with van der Waals surface area (Å²) in [6, 6.07) is 4.51. The number of nitrogens with two attached hydrogens (primary N) is 1. The number of methoxy groups -OCH3 is 1. The van der Waals surface area contributed by atoms with Gasteiger partial charge in [0.15, 0.2) is 0 Å². The molecule has 0 fully saturated rings. The van der Waals surface area contributed by atoms with Crippen LogP contribution in [0.5, 0.6) is 0 Å². The van der Waals surface area contributed by atoms with Crippen LogP contribution in [0.25, 0.3) is 0 Å². The number of thiocarbonyl (C=S) groups is 1. The van der Waals surface area contributed by atoms with Crippen molar-refractivity contribution in [3.63, 3.8) is 0 Å². The molecule has 0 saturated carbocycles. The molecule has 0 saturated heterocycles. The maximum absolute atomic E-state index is 13.5. The predicted octanol–water partition coefficient (Wildman–Crippen LogP) is 2.01. The second kappa shape index (κ2) is 6.64. The summed E-state index contributed by atoms with van der Waals surface area (Å²) < 4.78 is 23.8. The minimum Gasteiger partial charge on any atom is -0.389 e. The molecule has 1 aromatic carbocycles. The van der Waals surface area contributed by atoms with Crippen LogP contribution in [0.1, 0.15) is 18.1 Å². The summed E-state index contributed by atoms with van der Waals surface area (Å²) in [4.78, 5) is 0.246. The predicted molar refractivity (Wildman–Crippen MR) is 68.4 cm³/mol. The van der Waals surface area contributed by atoms with Crippen LogP contribution in [0, 0.1) is 5.82 Å². The second-order valence-corrected chi connectivity index (χ2v) is 4.19. The summed E-state index contributed by atoms with van der Waals surface area (Å²) in [5.74, 6) is -0.324. The molecule has 0 heterocycles. The van der Waals surface area contributed by atoms with Crippen LogP contribution in [-0.2, 0) is 16.1 Å². The quantitative estimate of drug-likeness (QED) is 0.792. The van der Waals surface area contributed by atoms with E-state index in [1.807, 2.05) is 6.92 Å². The van der Waals surface area contributed by atoms with Gasteiger partial charge in [0.2, 0.25) is 0 Å². The molecule has 1 aromatic rings. The van der Waals surface area contributed by atoms with Crippen LogP contribution < -0.4 is 5.73 Å². The Morgan fingerprint density at radius 2 is 2.24 bits per heavy atom. The van der Waals surface area contributed by atoms with Crippen molar-refractivity contribution in [3.8, 4) is 0 Å². The van der Waals surface area contributed by atoms with Crippen molar-refractivity contribution in [2.24, 2.45) is 5.73 Å². The molecule has 0 aliphatic carbocycles. The summed E-state index contributed by atoms with van der Waals surface area (Å²) in [5.41, 5.74) is 6.57. The van der Waals surface area contributed by atoms with Gasteiger partial charge in [0.1, 0.15) is 10.8 Å². The van der Waals surface area contributed by atoms with E-state index in [1.165, 1.54) is 6.07 Å². The standard InChI is InChI=1S/C12H16FNO2S/c1-8(6-15-2)16-7-10-5-9(12(14)17)3-4-11(10)13/h3-5,8H,6-7H2,1-2H3,(H2,14,17). The second-order valence-electron chi connectivity index (χ2n) is 3.75. The average Bonchev–Trinajstić information content (AvgIpc) is 2.28. The maximum atomic E-state index is 13.5. The molecular weight excluding hydrogens is 241 g/mol. The number of hydrogen-bond donors (Lipinski definition) is 1. The molecule has 3 nitrogen and oxygen atoms in total. The lowest BCUT2D eigenvalue weighted by molar-refractivity contribution is -0.00110. The normalized spacial score (nSPS) is 12.4. The molecular formula is C12H16FNO2S. The minimum atomic E-state index is -0.324. The van der Waals surface area contributed by atoms with Crippen molar-refractivity contribution in [1.29, 1.82) is 0 Å². The first-order valence-electron chi connectivity index (χ1n) is 5.23. The van der Waals surface area contributed by atoms with Gasteiger partial charge in [0.25, 0.3) is 0 Å². The van der Waals surface area contributed by atoms with Gasteiger partial charge in [-0.1, -0.05) is 12.2 Å². The van der Waals surface area contributed by atoms with Gasteiger partial charge in [-0.3, -0.25) is 0 Å². The summed E-state index contributed by atoms with van der Waals surface area (Å²) in [6.07, 6.45) is -0.0899. The van der Waals surface area contributed by atoms with Gasteiger partial charge in [-0.25, -0.2) is 4.39 Å². The Balaban J connectivity index is 2.69. The number of hydrogen-bond acceptors (Lipinski definition) is 3. The third-order valence-electron chi connectivity index (χ3n) is 2.25. The lowest BCUT2D eigenvalue weighted by atomic mass is 10.1. The van der Waals surface area contributed by atoms with E-state index in [1.54, 1.807) is 19.2 Å². The van der Waals surface area contributed by atoms with Crippen LogP contribution in [-0.4, -0.2) is 24.8 Å². The molecule has 5 heteroatoms. The van der Waals surface area contributed by atoms with E-state index in [-0.39, 0.29) is 23.5 Å². The van der Waals surface area contributed by atoms with Crippen LogP contribution in [0.4, 0.5) is 4.39 Å². The van der Waals surface area contributed by atoms with Crippen molar-refractivity contribution in [2.45, 2.75) is 19.6 Å². The van der Waals surface area contributed by atoms with Gasteiger partial charge in [-0.05, 0) is 25.1 Å². The Kier molecular flexibility index (Phi) is 5.47. The molecule has 94 valence electrons. The monoisotopic (exact) mass is 257 g/mol. The van der Waals surface area contributed by atoms with E-state index >= 15 is 0 Å². The summed E-state index contributed by atoms with van der Waals surface area (Å²) in [5, 5.41) is 0. The molecule has 0 aliphatic heterocycles. The zero-order valence-electron chi connectivity index (χ0n) is 9.90. The average molecular weight is 257 g/mol. The Bertz CT molecular complexity index is 398. The fourth-order valence-electron chi connectivity index (χ4n) is 1.35. The zero-order valence-corrected chi connectivity index (χ0v) is 10.7. The van der Waals surface area contributed by atoms with Crippen LogP contribution in [0.2, 0.25) is 0 Å². The molecule has 1 rings (SSSR count). The Morgan fingerprint density at radius 1 is 1.53 bits per heavy atom.